The highest BCUT2D eigenvalue weighted by Gasteiger charge is 2.25. The van der Waals surface area contributed by atoms with E-state index in [9.17, 15) is 9.90 Å². The summed E-state index contributed by atoms with van der Waals surface area (Å²) in [6.45, 7) is 5.09. The molecule has 0 bridgehead atoms. The number of hydrogen-bond donors (Lipinski definition) is 2. The molecular weight excluding hydrogens is 414 g/mol. The van der Waals surface area contributed by atoms with Crippen LogP contribution in [0.4, 0.5) is 5.69 Å². The third-order valence-corrected chi connectivity index (χ3v) is 6.75. The van der Waals surface area contributed by atoms with E-state index in [4.69, 9.17) is 0 Å². The number of carbonyl (C=O) groups is 1. The van der Waals surface area contributed by atoms with Crippen LogP contribution >= 0.6 is 0 Å². The van der Waals surface area contributed by atoms with Crippen molar-refractivity contribution >= 4 is 17.6 Å². The highest BCUT2D eigenvalue weighted by atomic mass is 16.3. The number of aromatic hydroxyl groups is 1. The zero-order valence-corrected chi connectivity index (χ0v) is 19.5. The van der Waals surface area contributed by atoms with Gasteiger partial charge in [0.2, 0.25) is 5.91 Å². The van der Waals surface area contributed by atoms with Gasteiger partial charge in [-0.1, -0.05) is 42.5 Å². The first-order valence-corrected chi connectivity index (χ1v) is 11.9. The molecule has 0 spiro atoms. The number of likely N-dealkylation sites (tertiary alicyclic amines) is 1. The highest BCUT2D eigenvalue weighted by Crippen LogP contribution is 2.27. The summed E-state index contributed by atoms with van der Waals surface area (Å²) < 4.78 is 0. The van der Waals surface area contributed by atoms with Crippen molar-refractivity contribution in [2.45, 2.75) is 19.3 Å². The number of guanidine groups is 1. The van der Waals surface area contributed by atoms with Gasteiger partial charge in [0.25, 0.3) is 0 Å². The minimum Gasteiger partial charge on any atom is -0.506 e. The van der Waals surface area contributed by atoms with Crippen molar-refractivity contribution in [3.63, 3.8) is 0 Å². The van der Waals surface area contributed by atoms with Crippen molar-refractivity contribution in [1.82, 2.24) is 15.1 Å². The third-order valence-electron chi connectivity index (χ3n) is 6.75. The monoisotopic (exact) mass is 449 g/mol. The summed E-state index contributed by atoms with van der Waals surface area (Å²) in [7, 11) is 1.76. The molecule has 2 saturated heterocycles. The molecule has 2 N–H and O–H groups in total. The fraction of sp³-hybridized carbons (Fsp3) is 0.462. The average Bonchev–Trinajstić information content (AvgIpc) is 2.86. The summed E-state index contributed by atoms with van der Waals surface area (Å²) >= 11 is 0. The average molecular weight is 450 g/mol. The first kappa shape index (κ1) is 23.0. The highest BCUT2D eigenvalue weighted by molar-refractivity contribution is 5.86. The van der Waals surface area contributed by atoms with E-state index in [1.54, 1.807) is 13.1 Å². The number of anilines is 1. The van der Waals surface area contributed by atoms with Gasteiger partial charge < -0.3 is 25.1 Å². The lowest BCUT2D eigenvalue weighted by atomic mass is 9.90. The quantitative estimate of drug-likeness (QED) is 0.542. The Morgan fingerprint density at radius 2 is 1.61 bits per heavy atom. The van der Waals surface area contributed by atoms with Crippen LogP contribution in [0.25, 0.3) is 0 Å². The third kappa shape index (κ3) is 5.97. The molecule has 176 valence electrons. The van der Waals surface area contributed by atoms with E-state index >= 15 is 0 Å². The lowest BCUT2D eigenvalue weighted by Crippen LogP contribution is -2.54. The SMILES string of the molecule is CN=C(NCC(=O)N1CCC(Cc2ccccc2)CC1)N1CCN(c2ccccc2O)CC1. The molecule has 2 fully saturated rings. The van der Waals surface area contributed by atoms with E-state index < -0.39 is 0 Å². The maximum Gasteiger partial charge on any atom is 0.241 e. The minimum absolute atomic E-state index is 0.141. The number of nitrogens with zero attached hydrogens (tertiary/aromatic N) is 4. The van der Waals surface area contributed by atoms with Crippen LogP contribution in [-0.4, -0.2) is 79.6 Å². The number of para-hydroxylation sites is 2. The summed E-state index contributed by atoms with van der Waals surface area (Å²) in [6, 6.07) is 18.1. The predicted molar refractivity (Wildman–Crippen MR) is 133 cm³/mol. The number of piperidine rings is 1. The summed E-state index contributed by atoms with van der Waals surface area (Å²) in [4.78, 5) is 23.5. The van der Waals surface area contributed by atoms with E-state index in [1.807, 2.05) is 23.1 Å². The van der Waals surface area contributed by atoms with Crippen LogP contribution in [0.5, 0.6) is 5.75 Å². The van der Waals surface area contributed by atoms with Crippen LogP contribution in [0.1, 0.15) is 18.4 Å². The molecule has 0 radical (unpaired) electrons. The molecule has 1 amide bonds. The van der Waals surface area contributed by atoms with Gasteiger partial charge in [0.1, 0.15) is 5.75 Å². The molecule has 4 rings (SSSR count). The number of hydrogen-bond acceptors (Lipinski definition) is 4. The van der Waals surface area contributed by atoms with Crippen LogP contribution in [0.3, 0.4) is 0 Å². The molecule has 0 aliphatic carbocycles. The van der Waals surface area contributed by atoms with Crippen LogP contribution < -0.4 is 10.2 Å². The van der Waals surface area contributed by atoms with Gasteiger partial charge in [-0.25, -0.2) is 0 Å². The van der Waals surface area contributed by atoms with Gasteiger partial charge in [0, 0.05) is 46.3 Å². The van der Waals surface area contributed by atoms with E-state index in [0.717, 1.165) is 70.2 Å². The Kier molecular flexibility index (Phi) is 7.70. The van der Waals surface area contributed by atoms with Crippen LogP contribution in [0.2, 0.25) is 0 Å². The van der Waals surface area contributed by atoms with Crippen LogP contribution in [0.15, 0.2) is 59.6 Å². The number of phenols is 1. The van der Waals surface area contributed by atoms with Crippen LogP contribution in [0, 0.1) is 5.92 Å². The second kappa shape index (κ2) is 11.1. The zero-order valence-electron chi connectivity index (χ0n) is 19.5. The Morgan fingerprint density at radius 3 is 2.27 bits per heavy atom. The lowest BCUT2D eigenvalue weighted by molar-refractivity contribution is -0.131. The molecule has 2 aromatic rings. The molecule has 0 unspecified atom stereocenters. The molecule has 2 aliphatic rings. The number of benzene rings is 2. The molecular formula is C26H35N5O2. The Bertz CT molecular complexity index is 933. The van der Waals surface area contributed by atoms with Crippen molar-refractivity contribution in [2.24, 2.45) is 10.9 Å². The first-order valence-electron chi connectivity index (χ1n) is 11.9. The smallest absolute Gasteiger partial charge is 0.241 e. The van der Waals surface area contributed by atoms with Gasteiger partial charge in [0.15, 0.2) is 5.96 Å². The van der Waals surface area contributed by atoms with E-state index in [-0.39, 0.29) is 12.5 Å². The number of piperazine rings is 1. The zero-order chi connectivity index (χ0) is 23.0. The fourth-order valence-electron chi connectivity index (χ4n) is 4.82. The lowest BCUT2D eigenvalue weighted by Gasteiger charge is -2.38. The topological polar surface area (TPSA) is 71.4 Å². The molecule has 0 aromatic heterocycles. The summed E-state index contributed by atoms with van der Waals surface area (Å²) in [5.41, 5.74) is 2.25. The normalized spacial score (nSPS) is 17.8. The van der Waals surface area contributed by atoms with Gasteiger partial charge in [-0.15, -0.1) is 0 Å². The fourth-order valence-corrected chi connectivity index (χ4v) is 4.82. The molecule has 7 nitrogen and oxygen atoms in total. The summed E-state index contributed by atoms with van der Waals surface area (Å²) in [5.74, 6) is 1.87. The number of amides is 1. The molecule has 2 aliphatic heterocycles. The molecule has 2 heterocycles. The van der Waals surface area contributed by atoms with Gasteiger partial charge in [-0.3, -0.25) is 9.79 Å². The van der Waals surface area contributed by atoms with E-state index in [2.05, 4.69) is 50.4 Å². The second-order valence-electron chi connectivity index (χ2n) is 8.88. The van der Waals surface area contributed by atoms with Crippen molar-refractivity contribution in [2.75, 3.05) is 57.8 Å². The van der Waals surface area contributed by atoms with Crippen molar-refractivity contribution in [3.05, 3.63) is 60.2 Å². The van der Waals surface area contributed by atoms with Crippen molar-refractivity contribution < 1.29 is 9.90 Å². The number of carbonyl (C=O) groups excluding carboxylic acids is 1. The Labute approximate surface area is 196 Å². The van der Waals surface area contributed by atoms with E-state index in [1.165, 1.54) is 5.56 Å². The van der Waals surface area contributed by atoms with Crippen LogP contribution in [-0.2, 0) is 11.2 Å². The molecule has 2 aromatic carbocycles. The Morgan fingerprint density at radius 1 is 0.939 bits per heavy atom. The Balaban J connectivity index is 1.20. The first-order chi connectivity index (χ1) is 16.1. The van der Waals surface area contributed by atoms with Gasteiger partial charge in [-0.2, -0.15) is 0 Å². The standard InChI is InChI=1S/C26H35N5O2/c1-27-26(31-17-15-29(16-18-31)23-9-5-6-10-24(23)32)28-20-25(33)30-13-11-22(12-14-30)19-21-7-3-2-4-8-21/h2-10,22,32H,11-20H2,1H3,(H,27,28). The molecule has 33 heavy (non-hydrogen) atoms. The van der Waals surface area contributed by atoms with Gasteiger partial charge >= 0.3 is 0 Å². The molecule has 0 saturated carbocycles. The molecule has 0 atom stereocenters. The predicted octanol–water partition coefficient (Wildman–Crippen LogP) is 2.57. The summed E-state index contributed by atoms with van der Waals surface area (Å²) in [5, 5.41) is 13.4. The van der Waals surface area contributed by atoms with E-state index in [0.29, 0.717) is 11.7 Å². The Hall–Kier alpha value is -3.22. The maximum absolute atomic E-state index is 12.8. The van der Waals surface area contributed by atoms with Crippen molar-refractivity contribution in [3.8, 4) is 5.75 Å². The van der Waals surface area contributed by atoms with Gasteiger partial charge in [0.05, 0.1) is 12.2 Å². The summed E-state index contributed by atoms with van der Waals surface area (Å²) in [6.07, 6.45) is 3.22. The molecule has 7 heteroatoms. The second-order valence-corrected chi connectivity index (χ2v) is 8.88. The number of aliphatic imine (C=N–C) groups is 1. The van der Waals surface area contributed by atoms with Crippen molar-refractivity contribution in [1.29, 1.82) is 0 Å². The van der Waals surface area contributed by atoms with Gasteiger partial charge in [-0.05, 0) is 42.9 Å². The largest absolute Gasteiger partial charge is 0.506 e. The number of phenolic OH excluding ortho intramolecular Hbond substituents is 1. The number of rotatable bonds is 5. The maximum atomic E-state index is 12.8. The minimum atomic E-state index is 0.141. The number of nitrogens with one attached hydrogen (secondary N) is 1.